The summed E-state index contributed by atoms with van der Waals surface area (Å²) in [5.41, 5.74) is 1.75. The first kappa shape index (κ1) is 18.3. The molecular formula is C19H21NO5S. The van der Waals surface area contributed by atoms with Crippen LogP contribution in [-0.2, 0) is 17.6 Å². The number of hydrogen-bond acceptors (Lipinski definition) is 6. The number of aryl methyl sites for hydroxylation is 1. The van der Waals surface area contributed by atoms with Gasteiger partial charge in [0, 0.05) is 4.88 Å². The number of amides is 1. The Labute approximate surface area is 156 Å². The fourth-order valence-electron chi connectivity index (χ4n) is 3.21. The van der Waals surface area contributed by atoms with E-state index in [-0.39, 0.29) is 5.91 Å². The Bertz CT molecular complexity index is 820. The lowest BCUT2D eigenvalue weighted by Gasteiger charge is -2.13. The highest BCUT2D eigenvalue weighted by atomic mass is 32.1. The molecule has 0 radical (unpaired) electrons. The Kier molecular flexibility index (Phi) is 5.46. The van der Waals surface area contributed by atoms with Gasteiger partial charge in [0.2, 0.25) is 0 Å². The topological polar surface area (TPSA) is 73.9 Å². The van der Waals surface area contributed by atoms with Crippen molar-refractivity contribution in [2.75, 3.05) is 26.6 Å². The van der Waals surface area contributed by atoms with E-state index in [2.05, 4.69) is 5.32 Å². The second-order valence-corrected chi connectivity index (χ2v) is 7.00. The van der Waals surface area contributed by atoms with Crippen LogP contribution in [0.1, 0.15) is 44.0 Å². The molecule has 0 aliphatic heterocycles. The molecule has 0 saturated heterocycles. The Morgan fingerprint density at radius 2 is 1.65 bits per heavy atom. The lowest BCUT2D eigenvalue weighted by atomic mass is 9.95. The number of esters is 1. The minimum Gasteiger partial charge on any atom is -0.496 e. The fourth-order valence-corrected chi connectivity index (χ4v) is 4.48. The summed E-state index contributed by atoms with van der Waals surface area (Å²) in [5, 5.41) is 3.38. The molecule has 0 unspecified atom stereocenters. The van der Waals surface area contributed by atoms with Gasteiger partial charge in [-0.3, -0.25) is 4.79 Å². The molecule has 1 aliphatic carbocycles. The predicted octanol–water partition coefficient (Wildman–Crippen LogP) is 3.68. The number of carbonyl (C=O) groups excluding carboxylic acids is 2. The molecular weight excluding hydrogens is 354 g/mol. The normalized spacial score (nSPS) is 12.9. The molecule has 0 spiro atoms. The van der Waals surface area contributed by atoms with Crippen LogP contribution in [0.4, 0.5) is 5.00 Å². The third kappa shape index (κ3) is 3.26. The van der Waals surface area contributed by atoms with E-state index in [4.69, 9.17) is 14.2 Å². The number of carbonyl (C=O) groups is 2. The highest BCUT2D eigenvalue weighted by Crippen LogP contribution is 2.39. The molecule has 0 saturated carbocycles. The van der Waals surface area contributed by atoms with E-state index in [0.717, 1.165) is 36.1 Å². The van der Waals surface area contributed by atoms with E-state index in [1.54, 1.807) is 18.2 Å². The average molecular weight is 375 g/mol. The number of nitrogens with one attached hydrogen (secondary N) is 1. The van der Waals surface area contributed by atoms with Crippen molar-refractivity contribution in [2.24, 2.45) is 0 Å². The zero-order chi connectivity index (χ0) is 18.7. The Balaban J connectivity index is 2.01. The van der Waals surface area contributed by atoms with Gasteiger partial charge in [-0.2, -0.15) is 0 Å². The van der Waals surface area contributed by atoms with Gasteiger partial charge in [-0.15, -0.1) is 11.3 Å². The molecule has 0 bridgehead atoms. The van der Waals surface area contributed by atoms with Crippen molar-refractivity contribution < 1.29 is 23.8 Å². The fraction of sp³-hybridized carbons (Fsp3) is 0.368. The molecule has 0 fully saturated rings. The number of thiophene rings is 1. The van der Waals surface area contributed by atoms with Gasteiger partial charge in [0.1, 0.15) is 22.1 Å². The molecule has 26 heavy (non-hydrogen) atoms. The molecule has 0 atom stereocenters. The van der Waals surface area contributed by atoms with Gasteiger partial charge in [0.25, 0.3) is 5.91 Å². The van der Waals surface area contributed by atoms with Gasteiger partial charge < -0.3 is 19.5 Å². The molecule has 1 aromatic heterocycles. The molecule has 3 rings (SSSR count). The Hall–Kier alpha value is -2.54. The maximum Gasteiger partial charge on any atom is 0.341 e. The monoisotopic (exact) mass is 375 g/mol. The molecule has 1 N–H and O–H groups in total. The van der Waals surface area contributed by atoms with E-state index >= 15 is 0 Å². The first-order valence-electron chi connectivity index (χ1n) is 8.35. The summed E-state index contributed by atoms with van der Waals surface area (Å²) in [7, 11) is 4.34. The standard InChI is InChI=1S/C19H21NO5S/c1-23-12-8-6-9-13(24-2)16(12)17(21)20-18-15(19(22)25-3)11-7-4-5-10-14(11)26-18/h6,8-9H,4-5,7,10H2,1-3H3,(H,20,21). The minimum absolute atomic E-state index is 0.291. The van der Waals surface area contributed by atoms with Crippen LogP contribution in [0.5, 0.6) is 11.5 Å². The number of methoxy groups -OCH3 is 3. The molecule has 2 aromatic rings. The van der Waals surface area contributed by atoms with Crippen molar-refractivity contribution >= 4 is 28.2 Å². The van der Waals surface area contributed by atoms with Crippen molar-refractivity contribution in [3.05, 3.63) is 39.8 Å². The van der Waals surface area contributed by atoms with E-state index in [1.807, 2.05) is 0 Å². The lowest BCUT2D eigenvalue weighted by molar-refractivity contribution is 0.0601. The number of anilines is 1. The summed E-state index contributed by atoms with van der Waals surface area (Å²) in [6.07, 6.45) is 3.85. The van der Waals surface area contributed by atoms with Crippen LogP contribution in [0.15, 0.2) is 18.2 Å². The predicted molar refractivity (Wildman–Crippen MR) is 99.8 cm³/mol. The zero-order valence-corrected chi connectivity index (χ0v) is 15.8. The van der Waals surface area contributed by atoms with Gasteiger partial charge in [-0.1, -0.05) is 6.07 Å². The molecule has 1 heterocycles. The molecule has 1 amide bonds. The van der Waals surface area contributed by atoms with E-state index in [0.29, 0.717) is 27.6 Å². The summed E-state index contributed by atoms with van der Waals surface area (Å²) in [4.78, 5) is 26.4. The van der Waals surface area contributed by atoms with Crippen LogP contribution in [0.25, 0.3) is 0 Å². The maximum absolute atomic E-state index is 12.9. The highest BCUT2D eigenvalue weighted by molar-refractivity contribution is 7.17. The molecule has 138 valence electrons. The second kappa shape index (κ2) is 7.78. The second-order valence-electron chi connectivity index (χ2n) is 5.90. The van der Waals surface area contributed by atoms with Crippen LogP contribution in [0, 0.1) is 0 Å². The molecule has 1 aliphatic rings. The zero-order valence-electron chi connectivity index (χ0n) is 15.0. The first-order chi connectivity index (χ1) is 12.6. The summed E-state index contributed by atoms with van der Waals surface area (Å²) < 4.78 is 15.5. The van der Waals surface area contributed by atoms with E-state index < -0.39 is 5.97 Å². The minimum atomic E-state index is -0.424. The molecule has 7 heteroatoms. The Morgan fingerprint density at radius 1 is 1.00 bits per heavy atom. The number of rotatable bonds is 5. The van der Waals surface area contributed by atoms with Gasteiger partial charge in [-0.05, 0) is 43.4 Å². The van der Waals surface area contributed by atoms with Crippen LogP contribution < -0.4 is 14.8 Å². The molecule has 6 nitrogen and oxygen atoms in total. The molecule has 1 aromatic carbocycles. The van der Waals surface area contributed by atoms with Gasteiger partial charge in [0.15, 0.2) is 0 Å². The summed E-state index contributed by atoms with van der Waals surface area (Å²) in [5.74, 6) is 0.000293. The SMILES string of the molecule is COC(=O)c1c(NC(=O)c2c(OC)cccc2OC)sc2c1CCCC2. The van der Waals surface area contributed by atoms with Gasteiger partial charge in [-0.25, -0.2) is 4.79 Å². The van der Waals surface area contributed by atoms with Crippen molar-refractivity contribution in [2.45, 2.75) is 25.7 Å². The van der Waals surface area contributed by atoms with Crippen molar-refractivity contribution in [3.63, 3.8) is 0 Å². The number of fused-ring (bicyclic) bond motifs is 1. The van der Waals surface area contributed by atoms with Gasteiger partial charge >= 0.3 is 5.97 Å². The maximum atomic E-state index is 12.9. The smallest absolute Gasteiger partial charge is 0.341 e. The number of hydrogen-bond donors (Lipinski definition) is 1. The number of benzene rings is 1. The van der Waals surface area contributed by atoms with E-state index in [9.17, 15) is 9.59 Å². The van der Waals surface area contributed by atoms with Crippen molar-refractivity contribution in [3.8, 4) is 11.5 Å². The van der Waals surface area contributed by atoms with Gasteiger partial charge in [0.05, 0.1) is 26.9 Å². The summed E-state index contributed by atoms with van der Waals surface area (Å²) in [6, 6.07) is 5.13. The van der Waals surface area contributed by atoms with Crippen LogP contribution in [-0.4, -0.2) is 33.2 Å². The van der Waals surface area contributed by atoms with Crippen LogP contribution in [0.2, 0.25) is 0 Å². The lowest BCUT2D eigenvalue weighted by Crippen LogP contribution is -2.16. The average Bonchev–Trinajstić information content (AvgIpc) is 3.04. The van der Waals surface area contributed by atoms with Crippen LogP contribution in [0.3, 0.4) is 0 Å². The number of ether oxygens (including phenoxy) is 3. The third-order valence-electron chi connectivity index (χ3n) is 4.44. The third-order valence-corrected chi connectivity index (χ3v) is 5.65. The largest absolute Gasteiger partial charge is 0.496 e. The van der Waals surface area contributed by atoms with Crippen molar-refractivity contribution in [1.29, 1.82) is 0 Å². The first-order valence-corrected chi connectivity index (χ1v) is 9.17. The summed E-state index contributed by atoms with van der Waals surface area (Å²) in [6.45, 7) is 0. The van der Waals surface area contributed by atoms with Crippen LogP contribution >= 0.6 is 11.3 Å². The quantitative estimate of drug-likeness (QED) is 0.807. The van der Waals surface area contributed by atoms with Crippen molar-refractivity contribution in [1.82, 2.24) is 0 Å². The van der Waals surface area contributed by atoms with E-state index in [1.165, 1.54) is 32.7 Å². The summed E-state index contributed by atoms with van der Waals surface area (Å²) >= 11 is 1.44. The Morgan fingerprint density at radius 3 is 2.27 bits per heavy atom. The highest BCUT2D eigenvalue weighted by Gasteiger charge is 2.28.